The molecule has 0 atom stereocenters. The molecule has 2 aromatic heterocycles. The Morgan fingerprint density at radius 1 is 1.04 bits per heavy atom. The molecule has 0 aliphatic carbocycles. The Kier molecular flexibility index (Phi) is 4.43. The molecule has 3 heterocycles. The van der Waals surface area contributed by atoms with Crippen LogP contribution in [0.2, 0.25) is 0 Å². The van der Waals surface area contributed by atoms with Gasteiger partial charge in [0.15, 0.2) is 5.65 Å². The maximum atomic E-state index is 12.6. The van der Waals surface area contributed by atoms with Crippen LogP contribution in [-0.2, 0) is 6.54 Å². The Morgan fingerprint density at radius 2 is 1.92 bits per heavy atom. The van der Waals surface area contributed by atoms with Crippen LogP contribution in [0.5, 0.6) is 0 Å². The minimum atomic E-state index is -0.168. The molecule has 0 bridgehead atoms. The van der Waals surface area contributed by atoms with E-state index in [0.717, 1.165) is 19.6 Å². The first-order valence-corrected chi connectivity index (χ1v) is 8.72. The SMILES string of the molecule is O=C(Nc1nnc2ccccn12)c1cccc(CN2CCCCC2)c1. The van der Waals surface area contributed by atoms with Crippen molar-refractivity contribution in [2.75, 3.05) is 18.4 Å². The standard InChI is InChI=1S/C19H21N5O/c25-18(20-19-22-21-17-9-2-5-12-24(17)19)16-8-6-7-15(13-16)14-23-10-3-1-4-11-23/h2,5-9,12-13H,1,3-4,10-11,14H2,(H,20,22,25). The summed E-state index contributed by atoms with van der Waals surface area (Å²) in [4.78, 5) is 15.0. The molecule has 25 heavy (non-hydrogen) atoms. The number of hydrogen-bond acceptors (Lipinski definition) is 4. The number of anilines is 1. The van der Waals surface area contributed by atoms with Crippen molar-refractivity contribution < 1.29 is 4.79 Å². The van der Waals surface area contributed by atoms with Crippen molar-refractivity contribution in [3.05, 3.63) is 59.8 Å². The zero-order chi connectivity index (χ0) is 17.1. The molecule has 3 aromatic rings. The zero-order valence-electron chi connectivity index (χ0n) is 14.1. The summed E-state index contributed by atoms with van der Waals surface area (Å²) >= 11 is 0. The summed E-state index contributed by atoms with van der Waals surface area (Å²) in [5, 5.41) is 11.0. The molecule has 4 rings (SSSR count). The average molecular weight is 335 g/mol. The lowest BCUT2D eigenvalue weighted by molar-refractivity contribution is 0.102. The summed E-state index contributed by atoms with van der Waals surface area (Å²) in [6, 6.07) is 13.4. The molecule has 6 nitrogen and oxygen atoms in total. The van der Waals surface area contributed by atoms with Gasteiger partial charge in [0.1, 0.15) is 0 Å². The molecule has 1 aromatic carbocycles. The van der Waals surface area contributed by atoms with Gasteiger partial charge in [-0.15, -0.1) is 10.2 Å². The third kappa shape index (κ3) is 3.53. The normalized spacial score (nSPS) is 15.4. The number of likely N-dealkylation sites (tertiary alicyclic amines) is 1. The first kappa shape index (κ1) is 15.8. The highest BCUT2D eigenvalue weighted by atomic mass is 16.1. The maximum absolute atomic E-state index is 12.6. The molecular weight excluding hydrogens is 314 g/mol. The first-order chi connectivity index (χ1) is 12.3. The van der Waals surface area contributed by atoms with Crippen molar-refractivity contribution in [1.82, 2.24) is 19.5 Å². The molecule has 1 aliphatic heterocycles. The summed E-state index contributed by atoms with van der Waals surface area (Å²) in [7, 11) is 0. The van der Waals surface area contributed by atoms with E-state index in [9.17, 15) is 4.79 Å². The molecule has 1 N–H and O–H groups in total. The van der Waals surface area contributed by atoms with Gasteiger partial charge in [0.05, 0.1) is 0 Å². The van der Waals surface area contributed by atoms with E-state index in [1.165, 1.54) is 24.8 Å². The number of amides is 1. The molecule has 0 saturated carbocycles. The van der Waals surface area contributed by atoms with E-state index in [0.29, 0.717) is 17.2 Å². The number of pyridine rings is 1. The second-order valence-corrected chi connectivity index (χ2v) is 6.44. The lowest BCUT2D eigenvalue weighted by atomic mass is 10.1. The summed E-state index contributed by atoms with van der Waals surface area (Å²) in [6.45, 7) is 3.18. The van der Waals surface area contributed by atoms with E-state index >= 15 is 0 Å². The van der Waals surface area contributed by atoms with E-state index in [-0.39, 0.29) is 5.91 Å². The average Bonchev–Trinajstić information content (AvgIpc) is 3.06. The minimum absolute atomic E-state index is 0.168. The Balaban J connectivity index is 1.49. The third-order valence-corrected chi connectivity index (χ3v) is 4.58. The molecule has 1 amide bonds. The lowest BCUT2D eigenvalue weighted by Crippen LogP contribution is -2.29. The molecule has 1 saturated heterocycles. The van der Waals surface area contributed by atoms with Gasteiger partial charge >= 0.3 is 0 Å². The van der Waals surface area contributed by atoms with Crippen molar-refractivity contribution in [3.63, 3.8) is 0 Å². The molecule has 0 unspecified atom stereocenters. The van der Waals surface area contributed by atoms with Crippen LogP contribution in [0.15, 0.2) is 48.7 Å². The van der Waals surface area contributed by atoms with Gasteiger partial charge in [-0.2, -0.15) is 0 Å². The van der Waals surface area contributed by atoms with Crippen molar-refractivity contribution in [2.24, 2.45) is 0 Å². The van der Waals surface area contributed by atoms with Crippen LogP contribution in [-0.4, -0.2) is 38.5 Å². The number of nitrogens with zero attached hydrogens (tertiary/aromatic N) is 4. The quantitative estimate of drug-likeness (QED) is 0.796. The van der Waals surface area contributed by atoms with Gasteiger partial charge in [-0.05, 0) is 55.8 Å². The van der Waals surface area contributed by atoms with Crippen molar-refractivity contribution in [3.8, 4) is 0 Å². The van der Waals surface area contributed by atoms with Gasteiger partial charge in [0.2, 0.25) is 5.95 Å². The van der Waals surface area contributed by atoms with E-state index in [1.807, 2.05) is 42.6 Å². The van der Waals surface area contributed by atoms with Crippen LogP contribution in [0.4, 0.5) is 5.95 Å². The van der Waals surface area contributed by atoms with Crippen molar-refractivity contribution in [1.29, 1.82) is 0 Å². The van der Waals surface area contributed by atoms with Crippen molar-refractivity contribution >= 4 is 17.5 Å². The van der Waals surface area contributed by atoms with Gasteiger partial charge in [-0.1, -0.05) is 24.6 Å². The third-order valence-electron chi connectivity index (χ3n) is 4.58. The highest BCUT2D eigenvalue weighted by Gasteiger charge is 2.13. The predicted molar refractivity (Wildman–Crippen MR) is 96.5 cm³/mol. The molecule has 1 aliphatic rings. The van der Waals surface area contributed by atoms with Gasteiger partial charge in [-0.25, -0.2) is 0 Å². The number of carbonyl (C=O) groups is 1. The van der Waals surface area contributed by atoms with Gasteiger partial charge in [-0.3, -0.25) is 19.4 Å². The Morgan fingerprint density at radius 3 is 2.80 bits per heavy atom. The fourth-order valence-corrected chi connectivity index (χ4v) is 3.29. The number of carbonyl (C=O) groups excluding carboxylic acids is 1. The van der Waals surface area contributed by atoms with Gasteiger partial charge in [0, 0.05) is 18.3 Å². The predicted octanol–water partition coefficient (Wildman–Crippen LogP) is 2.97. The molecule has 128 valence electrons. The van der Waals surface area contributed by atoms with Gasteiger partial charge in [0.25, 0.3) is 5.91 Å². The first-order valence-electron chi connectivity index (χ1n) is 8.72. The summed E-state index contributed by atoms with van der Waals surface area (Å²) in [5.41, 5.74) is 2.51. The highest BCUT2D eigenvalue weighted by molar-refractivity contribution is 6.03. The fourth-order valence-electron chi connectivity index (χ4n) is 3.29. The molecule has 0 radical (unpaired) electrons. The number of aromatic nitrogens is 3. The van der Waals surface area contributed by atoms with Crippen molar-refractivity contribution in [2.45, 2.75) is 25.8 Å². The molecule has 1 fully saturated rings. The number of rotatable bonds is 4. The number of benzene rings is 1. The number of fused-ring (bicyclic) bond motifs is 1. The number of nitrogens with one attached hydrogen (secondary N) is 1. The molecule has 6 heteroatoms. The van der Waals surface area contributed by atoms with E-state index < -0.39 is 0 Å². The lowest BCUT2D eigenvalue weighted by Gasteiger charge is -2.26. The zero-order valence-corrected chi connectivity index (χ0v) is 14.1. The number of hydrogen-bond donors (Lipinski definition) is 1. The Bertz CT molecular complexity index is 882. The van der Waals surface area contributed by atoms with Crippen LogP contribution in [0, 0.1) is 0 Å². The Labute approximate surface area is 146 Å². The summed E-state index contributed by atoms with van der Waals surface area (Å²) in [6.07, 6.45) is 5.68. The van der Waals surface area contributed by atoms with Crippen LogP contribution in [0.3, 0.4) is 0 Å². The number of piperidine rings is 1. The summed E-state index contributed by atoms with van der Waals surface area (Å²) in [5.74, 6) is 0.265. The maximum Gasteiger partial charge on any atom is 0.258 e. The summed E-state index contributed by atoms with van der Waals surface area (Å²) < 4.78 is 1.76. The van der Waals surface area contributed by atoms with Crippen LogP contribution in [0.25, 0.3) is 5.65 Å². The topological polar surface area (TPSA) is 62.5 Å². The largest absolute Gasteiger partial charge is 0.299 e. The highest BCUT2D eigenvalue weighted by Crippen LogP contribution is 2.15. The molecule has 0 spiro atoms. The monoisotopic (exact) mass is 335 g/mol. The van der Waals surface area contributed by atoms with E-state index in [2.05, 4.69) is 26.5 Å². The Hall–Kier alpha value is -2.73. The van der Waals surface area contributed by atoms with Crippen LogP contribution >= 0.6 is 0 Å². The van der Waals surface area contributed by atoms with E-state index in [4.69, 9.17) is 0 Å². The fraction of sp³-hybridized carbons (Fsp3) is 0.316. The van der Waals surface area contributed by atoms with Crippen LogP contribution in [0.1, 0.15) is 35.2 Å². The van der Waals surface area contributed by atoms with Crippen LogP contribution < -0.4 is 5.32 Å². The van der Waals surface area contributed by atoms with Gasteiger partial charge < -0.3 is 0 Å². The smallest absolute Gasteiger partial charge is 0.258 e. The second-order valence-electron chi connectivity index (χ2n) is 6.44. The minimum Gasteiger partial charge on any atom is -0.299 e. The van der Waals surface area contributed by atoms with E-state index in [1.54, 1.807) is 4.40 Å². The molecular formula is C19H21N5O. The second kappa shape index (κ2) is 7.03.